The summed E-state index contributed by atoms with van der Waals surface area (Å²) in [5, 5.41) is 2.20. The Hall–Kier alpha value is 2.00. The molecule has 0 aliphatic carbocycles. The molecule has 2 atom stereocenters. The van der Waals surface area contributed by atoms with E-state index in [9.17, 15) is 0 Å². The number of hydrogen-bond acceptors (Lipinski definition) is 14. The van der Waals surface area contributed by atoms with Crippen molar-refractivity contribution in [2.75, 3.05) is 14.2 Å². The van der Waals surface area contributed by atoms with E-state index in [1.54, 1.807) is 0 Å². The third kappa shape index (κ3) is 46.9. The number of benzene rings is 2. The predicted octanol–water partition coefficient (Wildman–Crippen LogP) is 19.5. The molecule has 540 valence electrons. The first-order valence-electron chi connectivity index (χ1n) is 32.9. The zero-order valence-electron chi connectivity index (χ0n) is 68.0. The van der Waals surface area contributed by atoms with Gasteiger partial charge >= 0.3 is 76.1 Å². The zero-order chi connectivity index (χ0) is 73.6. The quantitative estimate of drug-likeness (QED) is 0.0688. The van der Waals surface area contributed by atoms with Gasteiger partial charge in [0.15, 0.2) is 66.5 Å². The molecule has 0 spiro atoms. The van der Waals surface area contributed by atoms with Gasteiger partial charge in [0.1, 0.15) is 15.2 Å². The van der Waals surface area contributed by atoms with Crippen LogP contribution < -0.4 is 10.4 Å². The summed E-state index contributed by atoms with van der Waals surface area (Å²) in [7, 11) is -31.7. The van der Waals surface area contributed by atoms with Gasteiger partial charge in [0.2, 0.25) is 0 Å². The van der Waals surface area contributed by atoms with Gasteiger partial charge in [-0.05, 0) is 259 Å². The molecule has 0 aliphatic heterocycles. The SMILES string of the molecule is CO[Si](C)(O[Si](C)(C)C)[Si](C)(C)C.CO[Si](C)(O[Si](C)(C)C)[Si](C)(C)C.C[Si](C)(C)O[Si](C)(C)O[Si](C)(C)O[Si](C)(C)C.C[Si](C)(C)O[Si](C)(C)O[Si](C)(C)O[Si](C)(C)C.C[Si](C)(C)O[Si](C)(C)O[Si](O[Si](C)(C)O[Si](C)(C)C)(c1ccccc1)c1ccccc1. The summed E-state index contributed by atoms with van der Waals surface area (Å²) in [6.07, 6.45) is 0. The molecule has 2 unspecified atom stereocenters. The molecule has 0 saturated heterocycles. The Balaban J connectivity index is -0.00000112. The summed E-state index contributed by atoms with van der Waals surface area (Å²) in [4.78, 5) is 0. The van der Waals surface area contributed by atoms with Gasteiger partial charge in [0.05, 0.1) is 0 Å². The van der Waals surface area contributed by atoms with E-state index in [-0.39, 0.29) is 0 Å². The van der Waals surface area contributed by atoms with Gasteiger partial charge in [0, 0.05) is 14.2 Å². The molecule has 14 nitrogen and oxygen atoms in total. The fourth-order valence-electron chi connectivity index (χ4n) is 10.3. The van der Waals surface area contributed by atoms with Crippen LogP contribution in [0.3, 0.4) is 0 Å². The first-order chi connectivity index (χ1) is 39.3. The summed E-state index contributed by atoms with van der Waals surface area (Å²) in [5.41, 5.74) is 0. The summed E-state index contributed by atoms with van der Waals surface area (Å²) in [6.45, 7) is 97.3. The fraction of sp³-hybridized carbons (Fsp3) is 0.793. The fourth-order valence-corrected chi connectivity index (χ4v) is 96.4. The minimum atomic E-state index is -3.10. The van der Waals surface area contributed by atoms with Crippen LogP contribution in [-0.2, 0) is 58.2 Å². The van der Waals surface area contributed by atoms with Crippen LogP contribution in [0.5, 0.6) is 0 Å². The van der Waals surface area contributed by atoms with Gasteiger partial charge in [-0.15, -0.1) is 0 Å². The molecule has 0 bridgehead atoms. The molecule has 0 radical (unpaired) electrons. The van der Waals surface area contributed by atoms with Crippen LogP contribution in [0.2, 0.25) is 288 Å². The first-order valence-corrected chi connectivity index (χ1v) is 92.6. The normalized spacial score (nSPS) is 15.7. The van der Waals surface area contributed by atoms with E-state index in [2.05, 4.69) is 337 Å². The minimum absolute atomic E-state index is 1.10. The molecule has 2 rings (SSSR count). The van der Waals surface area contributed by atoms with Gasteiger partial charge in [-0.25, -0.2) is 0 Å². The molecule has 0 fully saturated rings. The standard InChI is InChI=1S/C22H40O4Si5.2C10H30O3Si4.2C8H24O2Si3/c1-27(2,3)23-29(7,8)25-31(21-17-13-11-14-18-21,22-19-15-12-16-20-22)26-30(9,10)24-28(4,5)6;2*1-14(2,3)11-16(7,8)13-17(9,10)12-15(4,5)6;2*1-9-13(8,12(5,6)7)10-11(2,3)4/h11-20H,1-10H3;2*1-10H3;2*1-8H3. The van der Waals surface area contributed by atoms with E-state index in [0.29, 0.717) is 0 Å². The van der Waals surface area contributed by atoms with Crippen molar-refractivity contribution in [3.8, 4) is 0 Å². The zero-order valence-corrected chi connectivity index (χ0v) is 87.0. The first kappa shape index (κ1) is 97.2. The molecule has 0 aliphatic rings. The Kier molecular flexibility index (Phi) is 38.2. The summed E-state index contributed by atoms with van der Waals surface area (Å²) >= 11 is 0. The third-order valence-electron chi connectivity index (χ3n) is 11.9. The Morgan fingerprint density at radius 2 is 0.341 bits per heavy atom. The van der Waals surface area contributed by atoms with Crippen molar-refractivity contribution in [1.82, 2.24) is 0 Å². The van der Waals surface area contributed by atoms with Crippen LogP contribution in [0, 0.1) is 0 Å². The van der Waals surface area contributed by atoms with Crippen LogP contribution in [0.1, 0.15) is 0 Å². The summed E-state index contributed by atoms with van der Waals surface area (Å²) in [6, 6.07) is 20.9. The molecule has 0 aromatic heterocycles. The largest absolute Gasteiger partial charge is 0.439 e. The third-order valence-corrected chi connectivity index (χ3v) is 89.1. The summed E-state index contributed by atoms with van der Waals surface area (Å²) < 4.78 is 88.9. The van der Waals surface area contributed by atoms with E-state index in [0.717, 1.165) is 10.4 Å². The van der Waals surface area contributed by atoms with Gasteiger partial charge in [-0.2, -0.15) is 0 Å². The van der Waals surface area contributed by atoms with Crippen LogP contribution in [0.4, 0.5) is 0 Å². The Bertz CT molecular complexity index is 2160. The lowest BCUT2D eigenvalue weighted by molar-refractivity contribution is 0.310. The van der Waals surface area contributed by atoms with Gasteiger partial charge in [-0.1, -0.05) is 99.9 Å². The summed E-state index contributed by atoms with van der Waals surface area (Å²) in [5.74, 6) is 0. The van der Waals surface area contributed by atoms with Gasteiger partial charge in [0.25, 0.3) is 0 Å². The van der Waals surface area contributed by atoms with E-state index in [1.807, 2.05) is 26.4 Å². The molecular weight excluding hydrogens is 1450 g/mol. The van der Waals surface area contributed by atoms with Crippen molar-refractivity contribution in [1.29, 1.82) is 0 Å². The average Bonchev–Trinajstić information content (AvgIpc) is 3.19. The van der Waals surface area contributed by atoms with Crippen molar-refractivity contribution in [2.45, 2.75) is 288 Å². The average molecular weight is 1600 g/mol. The highest BCUT2D eigenvalue weighted by atomic mass is 29.3. The van der Waals surface area contributed by atoms with E-state index >= 15 is 0 Å². The molecular formula is C58H148O14Si19. The Labute approximate surface area is 584 Å². The molecule has 0 saturated carbocycles. The van der Waals surface area contributed by atoms with Crippen LogP contribution in [-0.4, -0.2) is 172 Å². The lowest BCUT2D eigenvalue weighted by atomic mass is 10.4. The molecule has 0 amide bonds. The maximum atomic E-state index is 7.16. The van der Waals surface area contributed by atoms with Crippen LogP contribution in [0.15, 0.2) is 60.7 Å². The van der Waals surface area contributed by atoms with Gasteiger partial charge in [-0.3, -0.25) is 0 Å². The lowest BCUT2D eigenvalue weighted by Gasteiger charge is -2.44. The van der Waals surface area contributed by atoms with E-state index in [4.69, 9.17) is 58.2 Å². The topological polar surface area (TPSA) is 129 Å². The second kappa shape index (κ2) is 35.7. The second-order valence-corrected chi connectivity index (χ2v) is 128. The molecule has 33 heteroatoms. The van der Waals surface area contributed by atoms with Crippen molar-refractivity contribution < 1.29 is 58.2 Å². The van der Waals surface area contributed by atoms with Crippen LogP contribution in [0.25, 0.3) is 0 Å². The maximum absolute atomic E-state index is 7.16. The smallest absolute Gasteiger partial charge is 0.389 e. The van der Waals surface area contributed by atoms with E-state index in [1.165, 1.54) is 0 Å². The minimum Gasteiger partial charge on any atom is -0.439 e. The van der Waals surface area contributed by atoms with Crippen molar-refractivity contribution >= 4 is 168 Å². The Morgan fingerprint density at radius 3 is 0.462 bits per heavy atom. The Morgan fingerprint density at radius 1 is 0.187 bits per heavy atom. The maximum Gasteiger partial charge on any atom is 0.389 e. The molecule has 0 heterocycles. The second-order valence-electron chi connectivity index (χ2n) is 36.7. The van der Waals surface area contributed by atoms with Crippen LogP contribution >= 0.6 is 0 Å². The highest BCUT2D eigenvalue weighted by molar-refractivity contribution is 7.37. The molecule has 2 aromatic carbocycles. The van der Waals surface area contributed by atoms with Crippen molar-refractivity contribution in [3.05, 3.63) is 60.7 Å². The lowest BCUT2D eigenvalue weighted by Crippen LogP contribution is -2.72. The number of hydrogen-bond donors (Lipinski definition) is 0. The molecule has 0 N–H and O–H groups in total. The van der Waals surface area contributed by atoms with E-state index < -0.39 is 158 Å². The number of rotatable bonds is 30. The van der Waals surface area contributed by atoms with Crippen molar-refractivity contribution in [3.63, 3.8) is 0 Å². The highest BCUT2D eigenvalue weighted by Crippen LogP contribution is 2.30. The highest BCUT2D eigenvalue weighted by Gasteiger charge is 2.54. The molecule has 91 heavy (non-hydrogen) atoms. The molecule has 2 aromatic rings. The van der Waals surface area contributed by atoms with Gasteiger partial charge < -0.3 is 58.2 Å². The van der Waals surface area contributed by atoms with Crippen molar-refractivity contribution in [2.24, 2.45) is 0 Å². The predicted molar refractivity (Wildman–Crippen MR) is 447 cm³/mol. The monoisotopic (exact) mass is 1600 g/mol.